The molecule has 1 heterocycles. The maximum atomic E-state index is 11.0. The van der Waals surface area contributed by atoms with Gasteiger partial charge in [0.05, 0.1) is 4.92 Å². The van der Waals surface area contributed by atoms with Crippen molar-refractivity contribution < 1.29 is 14.2 Å². The van der Waals surface area contributed by atoms with E-state index in [4.69, 9.17) is 20.9 Å². The molecule has 0 bridgehead atoms. The predicted octanol–water partition coefficient (Wildman–Crippen LogP) is 4.19. The van der Waals surface area contributed by atoms with Gasteiger partial charge in [0.15, 0.2) is 12.4 Å². The molecule has 0 N–H and O–H groups in total. The van der Waals surface area contributed by atoms with Crippen LogP contribution < -0.4 is 4.74 Å². The number of nitro benzene ring substituents is 1. The number of nitrogens with zero attached hydrogens (tertiary/aromatic N) is 3. The second-order valence-corrected chi connectivity index (χ2v) is 5.42. The zero-order chi connectivity index (χ0) is 17.1. The predicted molar refractivity (Wildman–Crippen MR) is 86.9 cm³/mol. The standard InChI is InChI=1S/C16H12ClN3O4/c1-10-4-2-3-5-12(10)16-18-15(24-19-16)9-23-14-7-6-11(17)8-13(14)20(21)22/h2-8H,9H2,1H3. The maximum absolute atomic E-state index is 11.0. The Hall–Kier alpha value is -2.93. The van der Waals surface area contributed by atoms with Crippen molar-refractivity contribution in [3.8, 4) is 17.1 Å². The van der Waals surface area contributed by atoms with Gasteiger partial charge in [-0.25, -0.2) is 0 Å². The van der Waals surface area contributed by atoms with Gasteiger partial charge in [0.2, 0.25) is 5.82 Å². The van der Waals surface area contributed by atoms with Gasteiger partial charge in [0.25, 0.3) is 5.89 Å². The summed E-state index contributed by atoms with van der Waals surface area (Å²) in [5.41, 5.74) is 1.64. The minimum absolute atomic E-state index is 0.0820. The highest BCUT2D eigenvalue weighted by molar-refractivity contribution is 6.30. The largest absolute Gasteiger partial charge is 0.477 e. The van der Waals surface area contributed by atoms with Crippen molar-refractivity contribution in [2.45, 2.75) is 13.5 Å². The van der Waals surface area contributed by atoms with Gasteiger partial charge in [-0.15, -0.1) is 0 Å². The molecule has 0 fully saturated rings. The first kappa shape index (κ1) is 15.9. The monoisotopic (exact) mass is 345 g/mol. The van der Waals surface area contributed by atoms with Crippen molar-refractivity contribution in [3.05, 3.63) is 69.1 Å². The molecule has 0 amide bonds. The molecule has 1 aromatic heterocycles. The highest BCUT2D eigenvalue weighted by Gasteiger charge is 2.17. The Morgan fingerprint density at radius 3 is 2.83 bits per heavy atom. The molecule has 0 aliphatic rings. The molecule has 2 aromatic carbocycles. The summed E-state index contributed by atoms with van der Waals surface area (Å²) in [4.78, 5) is 14.7. The lowest BCUT2D eigenvalue weighted by atomic mass is 10.1. The Balaban J connectivity index is 1.77. The molecular formula is C16H12ClN3O4. The summed E-state index contributed by atoms with van der Waals surface area (Å²) in [7, 11) is 0. The van der Waals surface area contributed by atoms with Crippen LogP contribution in [0.4, 0.5) is 5.69 Å². The fourth-order valence-corrected chi connectivity index (χ4v) is 2.31. The van der Waals surface area contributed by atoms with Crippen LogP contribution in [0.25, 0.3) is 11.4 Å². The first-order valence-electron chi connectivity index (χ1n) is 7.00. The fourth-order valence-electron chi connectivity index (χ4n) is 2.14. The number of benzene rings is 2. The third-order valence-corrected chi connectivity index (χ3v) is 3.56. The van der Waals surface area contributed by atoms with Crippen LogP contribution in [0.2, 0.25) is 5.02 Å². The number of ether oxygens (including phenoxy) is 1. The van der Waals surface area contributed by atoms with Crippen LogP contribution in [0.3, 0.4) is 0 Å². The Labute approximate surface area is 142 Å². The Morgan fingerprint density at radius 1 is 1.29 bits per heavy atom. The molecule has 122 valence electrons. The number of hydrogen-bond donors (Lipinski definition) is 0. The molecule has 0 spiro atoms. The highest BCUT2D eigenvalue weighted by atomic mass is 35.5. The van der Waals surface area contributed by atoms with E-state index < -0.39 is 4.92 Å². The maximum Gasteiger partial charge on any atom is 0.312 e. The molecule has 3 rings (SSSR count). The lowest BCUT2D eigenvalue weighted by molar-refractivity contribution is -0.385. The van der Waals surface area contributed by atoms with E-state index in [1.165, 1.54) is 18.2 Å². The summed E-state index contributed by atoms with van der Waals surface area (Å²) in [6.45, 7) is 1.86. The molecule has 0 saturated carbocycles. The van der Waals surface area contributed by atoms with E-state index in [9.17, 15) is 10.1 Å². The van der Waals surface area contributed by atoms with E-state index in [1.807, 2.05) is 31.2 Å². The summed E-state index contributed by atoms with van der Waals surface area (Å²) in [6.07, 6.45) is 0. The SMILES string of the molecule is Cc1ccccc1-c1noc(COc2ccc(Cl)cc2[N+](=O)[O-])n1. The molecule has 0 radical (unpaired) electrons. The van der Waals surface area contributed by atoms with Gasteiger partial charge < -0.3 is 9.26 Å². The van der Waals surface area contributed by atoms with Crippen LogP contribution in [-0.2, 0) is 6.61 Å². The lowest BCUT2D eigenvalue weighted by Gasteiger charge is -2.04. The van der Waals surface area contributed by atoms with Gasteiger partial charge in [-0.3, -0.25) is 10.1 Å². The average Bonchev–Trinajstić information content (AvgIpc) is 3.02. The molecule has 0 unspecified atom stereocenters. The van der Waals surface area contributed by atoms with Crippen molar-refractivity contribution in [1.29, 1.82) is 0 Å². The lowest BCUT2D eigenvalue weighted by Crippen LogP contribution is -1.99. The summed E-state index contributed by atoms with van der Waals surface area (Å²) in [6, 6.07) is 11.8. The molecule has 0 atom stereocenters. The molecule has 8 heteroatoms. The second-order valence-electron chi connectivity index (χ2n) is 4.98. The third-order valence-electron chi connectivity index (χ3n) is 3.32. The van der Waals surface area contributed by atoms with E-state index in [1.54, 1.807) is 0 Å². The molecule has 0 aliphatic heterocycles. The summed E-state index contributed by atoms with van der Waals surface area (Å²) < 4.78 is 10.6. The minimum Gasteiger partial charge on any atom is -0.477 e. The summed E-state index contributed by atoms with van der Waals surface area (Å²) >= 11 is 5.76. The average molecular weight is 346 g/mol. The van der Waals surface area contributed by atoms with E-state index in [-0.39, 0.29) is 29.0 Å². The van der Waals surface area contributed by atoms with Crippen LogP contribution in [0.15, 0.2) is 47.0 Å². The molecule has 0 saturated heterocycles. The normalized spacial score (nSPS) is 10.6. The van der Waals surface area contributed by atoms with Crippen molar-refractivity contribution in [2.24, 2.45) is 0 Å². The van der Waals surface area contributed by atoms with E-state index in [0.29, 0.717) is 5.82 Å². The van der Waals surface area contributed by atoms with Gasteiger partial charge in [-0.1, -0.05) is 41.0 Å². The van der Waals surface area contributed by atoms with Crippen molar-refractivity contribution in [1.82, 2.24) is 10.1 Å². The number of nitro groups is 1. The van der Waals surface area contributed by atoms with Crippen LogP contribution >= 0.6 is 11.6 Å². The number of hydrogen-bond acceptors (Lipinski definition) is 6. The van der Waals surface area contributed by atoms with Crippen LogP contribution in [0, 0.1) is 17.0 Å². The quantitative estimate of drug-likeness (QED) is 0.508. The zero-order valence-electron chi connectivity index (χ0n) is 12.6. The summed E-state index contributed by atoms with van der Waals surface area (Å²) in [5.74, 6) is 0.745. The topological polar surface area (TPSA) is 91.3 Å². The number of rotatable bonds is 5. The van der Waals surface area contributed by atoms with Crippen LogP contribution in [0.1, 0.15) is 11.5 Å². The molecule has 24 heavy (non-hydrogen) atoms. The van der Waals surface area contributed by atoms with Gasteiger partial charge in [-0.05, 0) is 24.6 Å². The minimum atomic E-state index is -0.562. The molecule has 3 aromatic rings. The Bertz CT molecular complexity index is 895. The highest BCUT2D eigenvalue weighted by Crippen LogP contribution is 2.30. The van der Waals surface area contributed by atoms with Crippen molar-refractivity contribution >= 4 is 17.3 Å². The van der Waals surface area contributed by atoms with Crippen molar-refractivity contribution in [3.63, 3.8) is 0 Å². The first-order valence-corrected chi connectivity index (χ1v) is 7.37. The Kier molecular flexibility index (Phi) is 4.43. The van der Waals surface area contributed by atoms with Crippen molar-refractivity contribution in [2.75, 3.05) is 0 Å². The third kappa shape index (κ3) is 3.36. The molecule has 0 aliphatic carbocycles. The first-order chi connectivity index (χ1) is 11.5. The smallest absolute Gasteiger partial charge is 0.312 e. The van der Waals surface area contributed by atoms with Crippen LogP contribution in [0.5, 0.6) is 5.75 Å². The van der Waals surface area contributed by atoms with E-state index >= 15 is 0 Å². The summed E-state index contributed by atoms with van der Waals surface area (Å²) in [5, 5.41) is 15.2. The fraction of sp³-hybridized carbons (Fsp3) is 0.125. The molecular weight excluding hydrogens is 334 g/mol. The van der Waals surface area contributed by atoms with E-state index in [0.717, 1.165) is 11.1 Å². The Morgan fingerprint density at radius 2 is 2.08 bits per heavy atom. The van der Waals surface area contributed by atoms with E-state index in [2.05, 4.69) is 10.1 Å². The zero-order valence-corrected chi connectivity index (χ0v) is 13.4. The molecule has 7 nitrogen and oxygen atoms in total. The van der Waals surface area contributed by atoms with Gasteiger partial charge in [-0.2, -0.15) is 4.98 Å². The number of halogens is 1. The van der Waals surface area contributed by atoms with Gasteiger partial charge in [0.1, 0.15) is 0 Å². The van der Waals surface area contributed by atoms with Gasteiger partial charge >= 0.3 is 5.69 Å². The van der Waals surface area contributed by atoms with Gasteiger partial charge in [0, 0.05) is 16.7 Å². The second kappa shape index (κ2) is 6.67. The van der Waals surface area contributed by atoms with Crippen LogP contribution in [-0.4, -0.2) is 15.1 Å². The number of aromatic nitrogens is 2. The number of aryl methyl sites for hydroxylation is 1.